The summed E-state index contributed by atoms with van der Waals surface area (Å²) in [5.41, 5.74) is 1.87. The van der Waals surface area contributed by atoms with E-state index in [2.05, 4.69) is 17.8 Å². The lowest BCUT2D eigenvalue weighted by atomic mass is 10.2. The molecule has 0 atom stereocenters. The molecule has 1 aromatic rings. The average molecular weight is 157 g/mol. The number of benzene rings is 1. The fourth-order valence-corrected chi connectivity index (χ4v) is 0.945. The number of nitrogens with one attached hydrogen (secondary N) is 1. The molecular formula is C11H11N. The Morgan fingerprint density at radius 3 is 2.92 bits per heavy atom. The zero-order valence-corrected chi connectivity index (χ0v) is 6.88. The minimum Gasteiger partial charge on any atom is -0.381 e. The van der Waals surface area contributed by atoms with Crippen molar-refractivity contribution >= 4 is 5.69 Å². The van der Waals surface area contributed by atoms with Crippen LogP contribution in [0.15, 0.2) is 36.9 Å². The van der Waals surface area contributed by atoms with Gasteiger partial charge in [-0.3, -0.25) is 0 Å². The van der Waals surface area contributed by atoms with Gasteiger partial charge in [-0.2, -0.15) is 0 Å². The van der Waals surface area contributed by atoms with Crippen molar-refractivity contribution in [3.8, 4) is 12.3 Å². The highest BCUT2D eigenvalue weighted by Crippen LogP contribution is 2.12. The molecule has 0 heterocycles. The summed E-state index contributed by atoms with van der Waals surface area (Å²) in [5.74, 6) is 2.61. The van der Waals surface area contributed by atoms with Gasteiger partial charge in [0.25, 0.3) is 0 Å². The van der Waals surface area contributed by atoms with Gasteiger partial charge in [0.2, 0.25) is 0 Å². The van der Waals surface area contributed by atoms with Crippen molar-refractivity contribution in [2.45, 2.75) is 0 Å². The summed E-state index contributed by atoms with van der Waals surface area (Å²) in [6, 6.07) is 7.74. The maximum atomic E-state index is 5.31. The van der Waals surface area contributed by atoms with Crippen molar-refractivity contribution in [3.05, 3.63) is 42.5 Å². The molecule has 60 valence electrons. The van der Waals surface area contributed by atoms with E-state index in [1.165, 1.54) is 0 Å². The number of hydrogen-bond donors (Lipinski definition) is 1. The lowest BCUT2D eigenvalue weighted by molar-refractivity contribution is 1.33. The molecule has 0 aliphatic carbocycles. The zero-order valence-electron chi connectivity index (χ0n) is 6.88. The number of para-hydroxylation sites is 1. The Kier molecular flexibility index (Phi) is 2.98. The van der Waals surface area contributed by atoms with Crippen LogP contribution in [0.2, 0.25) is 0 Å². The van der Waals surface area contributed by atoms with Crippen LogP contribution >= 0.6 is 0 Å². The lowest BCUT2D eigenvalue weighted by Crippen LogP contribution is -1.99. The molecule has 0 aliphatic rings. The molecule has 12 heavy (non-hydrogen) atoms. The van der Waals surface area contributed by atoms with Crippen LogP contribution in [0.25, 0.3) is 0 Å². The Balaban J connectivity index is 2.83. The molecule has 1 nitrogen and oxygen atoms in total. The predicted molar refractivity (Wildman–Crippen MR) is 53.1 cm³/mol. The molecule has 0 saturated carbocycles. The summed E-state index contributed by atoms with van der Waals surface area (Å²) in [4.78, 5) is 0. The van der Waals surface area contributed by atoms with E-state index >= 15 is 0 Å². The first-order chi connectivity index (χ1) is 5.88. The molecule has 0 fully saturated rings. The Bertz CT molecular complexity index is 307. The van der Waals surface area contributed by atoms with E-state index in [0.29, 0.717) is 0 Å². The molecule has 0 saturated heterocycles. The highest BCUT2D eigenvalue weighted by atomic mass is 14.9. The van der Waals surface area contributed by atoms with Gasteiger partial charge in [-0.1, -0.05) is 24.1 Å². The minimum absolute atomic E-state index is 0.735. The van der Waals surface area contributed by atoms with E-state index in [0.717, 1.165) is 17.8 Å². The van der Waals surface area contributed by atoms with E-state index in [1.54, 1.807) is 6.08 Å². The third-order valence-electron chi connectivity index (χ3n) is 1.52. The second-order valence-electron chi connectivity index (χ2n) is 2.36. The zero-order chi connectivity index (χ0) is 8.81. The number of terminal acetylenes is 1. The van der Waals surface area contributed by atoms with Crippen LogP contribution in [0.1, 0.15) is 5.56 Å². The van der Waals surface area contributed by atoms with Gasteiger partial charge in [-0.15, -0.1) is 13.0 Å². The second kappa shape index (κ2) is 4.25. The molecule has 1 rings (SSSR count). The van der Waals surface area contributed by atoms with Crippen molar-refractivity contribution in [1.82, 2.24) is 0 Å². The Morgan fingerprint density at radius 1 is 1.50 bits per heavy atom. The topological polar surface area (TPSA) is 12.0 Å². The third-order valence-corrected chi connectivity index (χ3v) is 1.52. The first-order valence-electron chi connectivity index (χ1n) is 3.79. The van der Waals surface area contributed by atoms with Crippen LogP contribution in [-0.4, -0.2) is 6.54 Å². The molecular weight excluding hydrogens is 146 g/mol. The van der Waals surface area contributed by atoms with Gasteiger partial charge >= 0.3 is 0 Å². The normalized spacial score (nSPS) is 8.58. The van der Waals surface area contributed by atoms with E-state index in [4.69, 9.17) is 6.42 Å². The van der Waals surface area contributed by atoms with Gasteiger partial charge in [0.05, 0.1) is 5.69 Å². The summed E-state index contributed by atoms with van der Waals surface area (Å²) in [6.45, 7) is 4.35. The van der Waals surface area contributed by atoms with Crippen molar-refractivity contribution in [2.75, 3.05) is 11.9 Å². The van der Waals surface area contributed by atoms with Crippen LogP contribution in [0.4, 0.5) is 5.69 Å². The number of hydrogen-bond acceptors (Lipinski definition) is 1. The predicted octanol–water partition coefficient (Wildman–Crippen LogP) is 2.27. The van der Waals surface area contributed by atoms with Crippen LogP contribution in [0.3, 0.4) is 0 Å². The monoisotopic (exact) mass is 157 g/mol. The Hall–Kier alpha value is -1.68. The van der Waals surface area contributed by atoms with E-state index in [1.807, 2.05) is 24.3 Å². The summed E-state index contributed by atoms with van der Waals surface area (Å²) >= 11 is 0. The van der Waals surface area contributed by atoms with Crippen molar-refractivity contribution in [3.63, 3.8) is 0 Å². The van der Waals surface area contributed by atoms with Gasteiger partial charge in [-0.05, 0) is 12.1 Å². The van der Waals surface area contributed by atoms with Crippen LogP contribution in [0, 0.1) is 12.3 Å². The van der Waals surface area contributed by atoms with Gasteiger partial charge in [0, 0.05) is 12.1 Å². The quantitative estimate of drug-likeness (QED) is 0.524. The molecule has 0 radical (unpaired) electrons. The van der Waals surface area contributed by atoms with Crippen molar-refractivity contribution in [1.29, 1.82) is 0 Å². The van der Waals surface area contributed by atoms with E-state index in [-0.39, 0.29) is 0 Å². The summed E-state index contributed by atoms with van der Waals surface area (Å²) < 4.78 is 0. The molecule has 0 bridgehead atoms. The second-order valence-corrected chi connectivity index (χ2v) is 2.36. The number of anilines is 1. The van der Waals surface area contributed by atoms with Crippen molar-refractivity contribution < 1.29 is 0 Å². The minimum atomic E-state index is 0.735. The van der Waals surface area contributed by atoms with Crippen LogP contribution in [0.5, 0.6) is 0 Å². The van der Waals surface area contributed by atoms with Crippen LogP contribution in [-0.2, 0) is 0 Å². The molecule has 0 aliphatic heterocycles. The molecule has 0 amide bonds. The summed E-state index contributed by atoms with van der Waals surface area (Å²) in [7, 11) is 0. The SMILES string of the molecule is C#Cc1ccccc1NCC=C. The Morgan fingerprint density at radius 2 is 2.25 bits per heavy atom. The first kappa shape index (κ1) is 8.42. The fraction of sp³-hybridized carbons (Fsp3) is 0.0909. The highest BCUT2D eigenvalue weighted by molar-refractivity contribution is 5.58. The summed E-state index contributed by atoms with van der Waals surface area (Å²) in [6.07, 6.45) is 7.11. The average Bonchev–Trinajstić information content (AvgIpc) is 2.15. The van der Waals surface area contributed by atoms with E-state index in [9.17, 15) is 0 Å². The lowest BCUT2D eigenvalue weighted by Gasteiger charge is -2.04. The smallest absolute Gasteiger partial charge is 0.0501 e. The Labute approximate surface area is 73.1 Å². The first-order valence-corrected chi connectivity index (χ1v) is 3.79. The molecule has 1 aromatic carbocycles. The van der Waals surface area contributed by atoms with E-state index < -0.39 is 0 Å². The van der Waals surface area contributed by atoms with Gasteiger partial charge in [0.15, 0.2) is 0 Å². The standard InChI is InChI=1S/C11H11N/c1-3-9-12-11-8-6-5-7-10(11)4-2/h2-3,5-8,12H,1,9H2. The van der Waals surface area contributed by atoms with Crippen LogP contribution < -0.4 is 5.32 Å². The van der Waals surface area contributed by atoms with Gasteiger partial charge in [-0.25, -0.2) is 0 Å². The highest BCUT2D eigenvalue weighted by Gasteiger charge is 1.94. The molecule has 0 aromatic heterocycles. The third kappa shape index (κ3) is 1.90. The maximum absolute atomic E-state index is 5.31. The number of rotatable bonds is 3. The van der Waals surface area contributed by atoms with Gasteiger partial charge < -0.3 is 5.32 Å². The molecule has 1 N–H and O–H groups in total. The molecule has 1 heteroatoms. The van der Waals surface area contributed by atoms with Gasteiger partial charge in [0.1, 0.15) is 0 Å². The maximum Gasteiger partial charge on any atom is 0.0501 e. The largest absolute Gasteiger partial charge is 0.381 e. The van der Waals surface area contributed by atoms with Crippen molar-refractivity contribution in [2.24, 2.45) is 0 Å². The molecule has 0 unspecified atom stereocenters. The fourth-order valence-electron chi connectivity index (χ4n) is 0.945. The summed E-state index contributed by atoms with van der Waals surface area (Å²) in [5, 5.41) is 3.15. The molecule has 0 spiro atoms.